The van der Waals surface area contributed by atoms with Gasteiger partial charge in [-0.15, -0.1) is 0 Å². The highest BCUT2D eigenvalue weighted by molar-refractivity contribution is 5.80. The zero-order chi connectivity index (χ0) is 15.4. The maximum absolute atomic E-state index is 5.40. The highest BCUT2D eigenvalue weighted by Gasteiger charge is 2.37. The zero-order valence-electron chi connectivity index (χ0n) is 13.2. The van der Waals surface area contributed by atoms with E-state index in [1.54, 1.807) is 6.26 Å². The fourth-order valence-electron chi connectivity index (χ4n) is 2.79. The highest BCUT2D eigenvalue weighted by atomic mass is 16.3. The number of furan rings is 1. The van der Waals surface area contributed by atoms with Gasteiger partial charge in [-0.1, -0.05) is 30.3 Å². The second kappa shape index (κ2) is 6.69. The molecule has 0 bridgehead atoms. The quantitative estimate of drug-likeness (QED) is 0.681. The number of guanidine groups is 1. The van der Waals surface area contributed by atoms with Crippen LogP contribution in [0.1, 0.15) is 17.7 Å². The van der Waals surface area contributed by atoms with E-state index in [4.69, 9.17) is 4.42 Å². The van der Waals surface area contributed by atoms with E-state index in [1.165, 1.54) is 12.0 Å². The second-order valence-electron chi connectivity index (χ2n) is 5.92. The fraction of sp³-hybridized carbons (Fsp3) is 0.389. The minimum atomic E-state index is 0.526. The zero-order valence-corrected chi connectivity index (χ0v) is 13.2. The van der Waals surface area contributed by atoms with Gasteiger partial charge in [-0.05, 0) is 36.5 Å². The van der Waals surface area contributed by atoms with Gasteiger partial charge in [0.2, 0.25) is 0 Å². The molecule has 1 aliphatic rings. The first kappa shape index (κ1) is 14.7. The van der Waals surface area contributed by atoms with Crippen molar-refractivity contribution in [2.75, 3.05) is 14.1 Å². The van der Waals surface area contributed by atoms with E-state index >= 15 is 0 Å². The van der Waals surface area contributed by atoms with Gasteiger partial charge in [-0.25, -0.2) is 0 Å². The molecule has 1 aromatic carbocycles. The third-order valence-corrected chi connectivity index (χ3v) is 4.12. The molecule has 0 radical (unpaired) electrons. The first-order chi connectivity index (χ1) is 10.8. The van der Waals surface area contributed by atoms with Crippen LogP contribution in [0.25, 0.3) is 0 Å². The number of rotatable bonds is 5. The molecule has 22 heavy (non-hydrogen) atoms. The molecule has 116 valence electrons. The van der Waals surface area contributed by atoms with Crippen LogP contribution in [-0.2, 0) is 13.0 Å². The van der Waals surface area contributed by atoms with Crippen LogP contribution >= 0.6 is 0 Å². The van der Waals surface area contributed by atoms with E-state index < -0.39 is 0 Å². The lowest BCUT2D eigenvalue weighted by Crippen LogP contribution is -2.40. The summed E-state index contributed by atoms with van der Waals surface area (Å²) in [6, 6.07) is 15.1. The molecule has 2 unspecified atom stereocenters. The van der Waals surface area contributed by atoms with Gasteiger partial charge in [0, 0.05) is 20.1 Å². The molecule has 1 heterocycles. The van der Waals surface area contributed by atoms with Crippen molar-refractivity contribution in [2.45, 2.75) is 25.4 Å². The predicted molar refractivity (Wildman–Crippen MR) is 88.7 cm³/mol. The van der Waals surface area contributed by atoms with Crippen molar-refractivity contribution < 1.29 is 4.42 Å². The molecule has 1 aromatic heterocycles. The Bertz CT molecular complexity index is 607. The van der Waals surface area contributed by atoms with Crippen LogP contribution in [0, 0.1) is 5.92 Å². The van der Waals surface area contributed by atoms with Gasteiger partial charge in [0.05, 0.1) is 12.8 Å². The Morgan fingerprint density at radius 2 is 2.09 bits per heavy atom. The Labute approximate surface area is 131 Å². The van der Waals surface area contributed by atoms with E-state index in [2.05, 4.69) is 45.5 Å². The number of hydrogen-bond donors (Lipinski definition) is 1. The molecule has 1 fully saturated rings. The molecule has 0 aliphatic heterocycles. The van der Waals surface area contributed by atoms with Gasteiger partial charge in [0.25, 0.3) is 0 Å². The molecule has 4 nitrogen and oxygen atoms in total. The van der Waals surface area contributed by atoms with Crippen LogP contribution in [0.15, 0.2) is 58.1 Å². The summed E-state index contributed by atoms with van der Waals surface area (Å²) in [6.07, 6.45) is 4.05. The Hall–Kier alpha value is -2.23. The lowest BCUT2D eigenvalue weighted by Gasteiger charge is -2.21. The first-order valence-corrected chi connectivity index (χ1v) is 7.77. The molecule has 0 spiro atoms. The maximum Gasteiger partial charge on any atom is 0.194 e. The monoisotopic (exact) mass is 297 g/mol. The summed E-state index contributed by atoms with van der Waals surface area (Å²) >= 11 is 0. The van der Waals surface area contributed by atoms with Crippen molar-refractivity contribution in [2.24, 2.45) is 10.9 Å². The van der Waals surface area contributed by atoms with Crippen molar-refractivity contribution >= 4 is 5.96 Å². The van der Waals surface area contributed by atoms with Crippen LogP contribution in [0.4, 0.5) is 0 Å². The largest absolute Gasteiger partial charge is 0.467 e. The molecular weight excluding hydrogens is 274 g/mol. The minimum absolute atomic E-state index is 0.526. The summed E-state index contributed by atoms with van der Waals surface area (Å²) in [7, 11) is 3.86. The van der Waals surface area contributed by atoms with Gasteiger partial charge in [-0.3, -0.25) is 4.99 Å². The van der Waals surface area contributed by atoms with Gasteiger partial charge in [0.15, 0.2) is 5.96 Å². The number of hydrogen-bond acceptors (Lipinski definition) is 2. The lowest BCUT2D eigenvalue weighted by molar-refractivity contribution is 0.399. The molecule has 4 heteroatoms. The van der Waals surface area contributed by atoms with Crippen molar-refractivity contribution in [3.05, 3.63) is 60.1 Å². The van der Waals surface area contributed by atoms with E-state index in [0.717, 1.165) is 24.7 Å². The summed E-state index contributed by atoms with van der Waals surface area (Å²) < 4.78 is 5.40. The fourth-order valence-corrected chi connectivity index (χ4v) is 2.79. The van der Waals surface area contributed by atoms with Gasteiger partial charge < -0.3 is 14.6 Å². The lowest BCUT2D eigenvalue weighted by atomic mass is 10.1. The van der Waals surface area contributed by atoms with Crippen LogP contribution in [0.3, 0.4) is 0 Å². The van der Waals surface area contributed by atoms with E-state index in [9.17, 15) is 0 Å². The summed E-state index contributed by atoms with van der Waals surface area (Å²) in [5.41, 5.74) is 1.41. The van der Waals surface area contributed by atoms with Crippen LogP contribution in [0.5, 0.6) is 0 Å². The van der Waals surface area contributed by atoms with E-state index in [-0.39, 0.29) is 0 Å². The maximum atomic E-state index is 5.40. The van der Waals surface area contributed by atoms with Crippen molar-refractivity contribution in [3.8, 4) is 0 Å². The smallest absolute Gasteiger partial charge is 0.194 e. The van der Waals surface area contributed by atoms with Crippen LogP contribution in [0.2, 0.25) is 0 Å². The minimum Gasteiger partial charge on any atom is -0.467 e. The third kappa shape index (κ3) is 3.70. The van der Waals surface area contributed by atoms with Gasteiger partial charge in [-0.2, -0.15) is 0 Å². The number of nitrogens with zero attached hydrogens (tertiary/aromatic N) is 2. The molecule has 2 atom stereocenters. The molecule has 1 aliphatic carbocycles. The third-order valence-electron chi connectivity index (χ3n) is 4.12. The van der Waals surface area contributed by atoms with Crippen LogP contribution in [-0.4, -0.2) is 31.0 Å². The predicted octanol–water partition coefficient (Wildman–Crippen LogP) is 2.92. The molecule has 0 saturated heterocycles. The summed E-state index contributed by atoms with van der Waals surface area (Å²) in [5, 5.41) is 3.56. The summed E-state index contributed by atoms with van der Waals surface area (Å²) in [5.74, 6) is 2.58. The topological polar surface area (TPSA) is 40.8 Å². The van der Waals surface area contributed by atoms with Gasteiger partial charge in [0.1, 0.15) is 5.76 Å². The first-order valence-electron chi connectivity index (χ1n) is 7.77. The van der Waals surface area contributed by atoms with Crippen molar-refractivity contribution in [3.63, 3.8) is 0 Å². The summed E-state index contributed by atoms with van der Waals surface area (Å²) in [6.45, 7) is 0.725. The number of nitrogens with one attached hydrogen (secondary N) is 1. The standard InChI is InChI=1S/C18H23N3O/c1-19-18(21(2)13-16-9-6-10-22-16)20-17-12-15(17)11-14-7-4-3-5-8-14/h3-10,15,17H,11-13H2,1-2H3,(H,19,20). The molecule has 3 rings (SSSR count). The normalized spacial score (nSPS) is 20.7. The Kier molecular flexibility index (Phi) is 4.47. The SMILES string of the molecule is CN=C(NC1CC1Cc1ccccc1)N(C)Cc1ccco1. The number of aliphatic imine (C=N–C) groups is 1. The second-order valence-corrected chi connectivity index (χ2v) is 5.92. The van der Waals surface area contributed by atoms with E-state index in [1.807, 2.05) is 26.2 Å². The van der Waals surface area contributed by atoms with Crippen LogP contribution < -0.4 is 5.32 Å². The molecular formula is C18H23N3O. The van der Waals surface area contributed by atoms with Crippen molar-refractivity contribution in [1.29, 1.82) is 0 Å². The molecule has 1 saturated carbocycles. The Morgan fingerprint density at radius 1 is 1.27 bits per heavy atom. The average molecular weight is 297 g/mol. The summed E-state index contributed by atoms with van der Waals surface area (Å²) in [4.78, 5) is 6.47. The Morgan fingerprint density at radius 3 is 2.77 bits per heavy atom. The molecule has 0 amide bonds. The van der Waals surface area contributed by atoms with E-state index in [0.29, 0.717) is 12.0 Å². The number of benzene rings is 1. The highest BCUT2D eigenvalue weighted by Crippen LogP contribution is 2.33. The van der Waals surface area contributed by atoms with Crippen molar-refractivity contribution in [1.82, 2.24) is 10.2 Å². The molecule has 1 N–H and O–H groups in total. The van der Waals surface area contributed by atoms with Gasteiger partial charge >= 0.3 is 0 Å². The molecule has 2 aromatic rings. The average Bonchev–Trinajstić information content (AvgIpc) is 3.04. The Balaban J connectivity index is 1.50.